The molecule has 0 saturated heterocycles. The Balaban J connectivity index is 1.27. The van der Waals surface area contributed by atoms with Gasteiger partial charge in [-0.25, -0.2) is 9.55 Å². The number of pyridine rings is 1. The summed E-state index contributed by atoms with van der Waals surface area (Å²) >= 11 is 0. The molecule has 0 amide bonds. The molecular weight excluding hydrogens is 669 g/mol. The predicted octanol–water partition coefficient (Wildman–Crippen LogP) is 11.3. The molecule has 10 aromatic rings. The number of aryl methyl sites for hydroxylation is 2. The number of nitrogens with zero attached hydrogens (tertiary/aromatic N) is 4. The van der Waals surface area contributed by atoms with E-state index in [1.807, 2.05) is 6.20 Å². The fraction of sp³-hybridized carbons (Fsp3) is 0.0588. The van der Waals surface area contributed by atoms with Crippen LogP contribution in [0.15, 0.2) is 201 Å². The molecule has 0 spiro atoms. The molecule has 4 heteroatoms. The number of aromatic nitrogens is 4. The molecule has 0 aliphatic heterocycles. The first-order valence-electron chi connectivity index (χ1n) is 18.8. The first-order chi connectivity index (χ1) is 27.1. The second-order valence-corrected chi connectivity index (χ2v) is 14.4. The van der Waals surface area contributed by atoms with Gasteiger partial charge in [0, 0.05) is 17.0 Å². The van der Waals surface area contributed by atoms with Crippen LogP contribution in [0.25, 0.3) is 55.5 Å². The highest BCUT2D eigenvalue weighted by atomic mass is 15.1. The van der Waals surface area contributed by atoms with Crippen LogP contribution in [-0.2, 0) is 12.5 Å². The molecule has 55 heavy (non-hydrogen) atoms. The standard InChI is InChI=1S/C51H39N4/c1-36-16-9-10-23-43(36)37-30-31-52-50(32-37)55-46-25-12-11-24-44(46)45-29-28-41(34-49(45)55)51(38-17-5-3-6-18-38,39-19-7-4-8-20-39)40-21-15-22-42(33-40)54-35-53(2)47-26-13-14-27-48(47)54/h3-35H,1-2H3/q+1. The maximum atomic E-state index is 5.03. The van der Waals surface area contributed by atoms with Crippen molar-refractivity contribution in [1.82, 2.24) is 14.1 Å². The van der Waals surface area contributed by atoms with Crippen LogP contribution in [0.2, 0.25) is 0 Å². The summed E-state index contributed by atoms with van der Waals surface area (Å²) in [5.74, 6) is 0.892. The van der Waals surface area contributed by atoms with E-state index in [-0.39, 0.29) is 0 Å². The summed E-state index contributed by atoms with van der Waals surface area (Å²) in [7, 11) is 2.11. The van der Waals surface area contributed by atoms with Gasteiger partial charge >= 0.3 is 0 Å². The third kappa shape index (κ3) is 5.21. The van der Waals surface area contributed by atoms with Gasteiger partial charge in [-0.1, -0.05) is 140 Å². The van der Waals surface area contributed by atoms with Crippen molar-refractivity contribution in [1.29, 1.82) is 0 Å². The summed E-state index contributed by atoms with van der Waals surface area (Å²) in [6.45, 7) is 2.17. The molecule has 10 rings (SSSR count). The molecule has 0 aliphatic rings. The van der Waals surface area contributed by atoms with Crippen LogP contribution in [0.3, 0.4) is 0 Å². The number of rotatable bonds is 7. The van der Waals surface area contributed by atoms with E-state index in [0.29, 0.717) is 0 Å². The lowest BCUT2D eigenvalue weighted by molar-refractivity contribution is -0.645. The third-order valence-corrected chi connectivity index (χ3v) is 11.3. The van der Waals surface area contributed by atoms with E-state index < -0.39 is 5.41 Å². The normalized spacial score (nSPS) is 11.8. The lowest BCUT2D eigenvalue weighted by Gasteiger charge is -2.37. The van der Waals surface area contributed by atoms with E-state index in [4.69, 9.17) is 4.98 Å². The SMILES string of the molecule is Cc1ccccc1-c1ccnc(-n2c3ccccc3c3ccc(C(c4ccccc4)(c4ccccc4)c4cccc(-n5c[n+](C)c6ccccc65)c4)cc32)c1. The molecule has 0 bridgehead atoms. The van der Waals surface area contributed by atoms with Crippen LogP contribution in [0.4, 0.5) is 0 Å². The zero-order chi connectivity index (χ0) is 36.9. The lowest BCUT2D eigenvalue weighted by atomic mass is 9.65. The molecule has 0 unspecified atom stereocenters. The van der Waals surface area contributed by atoms with Crippen LogP contribution in [0.1, 0.15) is 27.8 Å². The highest BCUT2D eigenvalue weighted by Crippen LogP contribution is 2.47. The zero-order valence-electron chi connectivity index (χ0n) is 30.8. The maximum Gasteiger partial charge on any atom is 0.249 e. The van der Waals surface area contributed by atoms with E-state index in [1.165, 1.54) is 55.2 Å². The molecule has 0 atom stereocenters. The maximum absolute atomic E-state index is 5.03. The Bertz CT molecular complexity index is 2970. The Kier molecular flexibility index (Phi) is 7.77. The molecule has 0 N–H and O–H groups in total. The van der Waals surface area contributed by atoms with Crippen LogP contribution >= 0.6 is 0 Å². The zero-order valence-corrected chi connectivity index (χ0v) is 30.8. The fourth-order valence-corrected chi connectivity index (χ4v) is 8.79. The Labute approximate surface area is 320 Å². The number of fused-ring (bicyclic) bond motifs is 4. The third-order valence-electron chi connectivity index (χ3n) is 11.3. The quantitative estimate of drug-likeness (QED) is 0.120. The van der Waals surface area contributed by atoms with Gasteiger partial charge in [-0.2, -0.15) is 4.57 Å². The number of imidazole rings is 1. The topological polar surface area (TPSA) is 26.6 Å². The van der Waals surface area contributed by atoms with Gasteiger partial charge in [0.2, 0.25) is 6.33 Å². The van der Waals surface area contributed by atoms with E-state index in [0.717, 1.165) is 28.1 Å². The van der Waals surface area contributed by atoms with Crippen LogP contribution in [-0.4, -0.2) is 14.1 Å². The van der Waals surface area contributed by atoms with Gasteiger partial charge in [-0.05, 0) is 94.4 Å². The molecule has 0 aliphatic carbocycles. The molecule has 0 fully saturated rings. The molecular formula is C51H39N4+. The van der Waals surface area contributed by atoms with E-state index >= 15 is 0 Å². The van der Waals surface area contributed by atoms with Gasteiger partial charge in [-0.3, -0.25) is 4.57 Å². The minimum atomic E-state index is -0.657. The average Bonchev–Trinajstić information content (AvgIpc) is 3.76. The van der Waals surface area contributed by atoms with Gasteiger partial charge in [0.15, 0.2) is 11.0 Å². The van der Waals surface area contributed by atoms with Crippen LogP contribution in [0.5, 0.6) is 0 Å². The van der Waals surface area contributed by atoms with Gasteiger partial charge < -0.3 is 0 Å². The minimum absolute atomic E-state index is 0.657. The van der Waals surface area contributed by atoms with E-state index in [2.05, 4.69) is 222 Å². The van der Waals surface area contributed by atoms with Gasteiger partial charge in [0.05, 0.1) is 23.5 Å². The number of benzene rings is 7. The van der Waals surface area contributed by atoms with Gasteiger partial charge in [0.25, 0.3) is 0 Å². The highest BCUT2D eigenvalue weighted by molar-refractivity contribution is 6.09. The molecule has 3 aromatic heterocycles. The summed E-state index contributed by atoms with van der Waals surface area (Å²) in [4.78, 5) is 5.03. The van der Waals surface area contributed by atoms with Crippen molar-refractivity contribution in [2.24, 2.45) is 7.05 Å². The molecule has 0 radical (unpaired) electrons. The van der Waals surface area contributed by atoms with E-state index in [1.54, 1.807) is 0 Å². The highest BCUT2D eigenvalue weighted by Gasteiger charge is 2.39. The van der Waals surface area contributed by atoms with Crippen LogP contribution < -0.4 is 4.57 Å². The van der Waals surface area contributed by atoms with Gasteiger partial charge in [0.1, 0.15) is 11.5 Å². The minimum Gasteiger partial charge on any atom is -0.294 e. The fourth-order valence-electron chi connectivity index (χ4n) is 8.79. The predicted molar refractivity (Wildman–Crippen MR) is 225 cm³/mol. The summed E-state index contributed by atoms with van der Waals surface area (Å²) in [6, 6.07) is 68.3. The average molecular weight is 708 g/mol. The van der Waals surface area contributed by atoms with Crippen molar-refractivity contribution in [2.45, 2.75) is 12.3 Å². The molecule has 0 saturated carbocycles. The summed E-state index contributed by atoms with van der Waals surface area (Å²) in [5.41, 5.74) is 13.4. The first-order valence-corrected chi connectivity index (χ1v) is 18.8. The van der Waals surface area contributed by atoms with Crippen molar-refractivity contribution in [3.05, 3.63) is 228 Å². The van der Waals surface area contributed by atoms with Crippen molar-refractivity contribution in [3.63, 3.8) is 0 Å². The second-order valence-electron chi connectivity index (χ2n) is 14.4. The van der Waals surface area contributed by atoms with Crippen molar-refractivity contribution < 1.29 is 4.57 Å². The number of hydrogen-bond donors (Lipinski definition) is 0. The lowest BCUT2D eigenvalue weighted by Crippen LogP contribution is -2.31. The first kappa shape index (κ1) is 32.6. The second kappa shape index (κ2) is 13.1. The van der Waals surface area contributed by atoms with Crippen LogP contribution in [0, 0.1) is 6.92 Å². The Morgan fingerprint density at radius 3 is 1.93 bits per heavy atom. The largest absolute Gasteiger partial charge is 0.294 e. The van der Waals surface area contributed by atoms with Gasteiger partial charge in [-0.15, -0.1) is 0 Å². The monoisotopic (exact) mass is 707 g/mol. The summed E-state index contributed by atoms with van der Waals surface area (Å²) < 4.78 is 6.84. The van der Waals surface area contributed by atoms with E-state index in [9.17, 15) is 0 Å². The Morgan fingerprint density at radius 1 is 0.509 bits per heavy atom. The number of para-hydroxylation sites is 3. The molecule has 7 aromatic carbocycles. The van der Waals surface area contributed by atoms with Crippen molar-refractivity contribution >= 4 is 32.8 Å². The molecule has 4 nitrogen and oxygen atoms in total. The van der Waals surface area contributed by atoms with Crippen molar-refractivity contribution in [3.8, 4) is 22.6 Å². The summed E-state index contributed by atoms with van der Waals surface area (Å²) in [6.07, 6.45) is 4.12. The smallest absolute Gasteiger partial charge is 0.249 e. The van der Waals surface area contributed by atoms with Crippen molar-refractivity contribution in [2.75, 3.05) is 0 Å². The Morgan fingerprint density at radius 2 is 1.15 bits per heavy atom. The summed E-state index contributed by atoms with van der Waals surface area (Å²) in [5, 5.41) is 2.39. The Hall–Kier alpha value is -7.04. The number of hydrogen-bond acceptors (Lipinski definition) is 1. The molecule has 262 valence electrons. The molecule has 3 heterocycles.